The first-order valence-electron chi connectivity index (χ1n) is 4.86. The van der Waals surface area contributed by atoms with Crippen molar-refractivity contribution in [3.05, 3.63) is 40.2 Å². The number of H-pyrrole nitrogens is 1. The Morgan fingerprint density at radius 2 is 2.12 bits per heavy atom. The Morgan fingerprint density at radius 3 is 2.94 bits per heavy atom. The molecule has 0 aliphatic heterocycles. The van der Waals surface area contributed by atoms with Crippen molar-refractivity contribution in [2.75, 3.05) is 0 Å². The summed E-state index contributed by atoms with van der Waals surface area (Å²) in [7, 11) is 0. The monoisotopic (exact) mass is 308 g/mol. The van der Waals surface area contributed by atoms with E-state index in [9.17, 15) is 0 Å². The molecule has 0 saturated heterocycles. The average Bonchev–Trinajstić information content (AvgIpc) is 2.72. The molecule has 3 aromatic rings. The second-order valence-electron chi connectivity index (χ2n) is 3.47. The highest BCUT2D eigenvalue weighted by Gasteiger charge is 2.07. The lowest BCUT2D eigenvalue weighted by molar-refractivity contribution is 1.20. The second-order valence-corrected chi connectivity index (χ2v) is 4.73. The smallest absolute Gasteiger partial charge is 0.224 e. The second kappa shape index (κ2) is 4.09. The van der Waals surface area contributed by atoms with Crippen molar-refractivity contribution in [3.63, 3.8) is 0 Å². The van der Waals surface area contributed by atoms with Crippen molar-refractivity contribution in [1.29, 1.82) is 0 Å². The van der Waals surface area contributed by atoms with E-state index in [4.69, 9.17) is 11.6 Å². The average molecular weight is 310 g/mol. The summed E-state index contributed by atoms with van der Waals surface area (Å²) < 4.78 is 1.000. The molecule has 6 heteroatoms. The summed E-state index contributed by atoms with van der Waals surface area (Å²) in [5.41, 5.74) is 2.32. The maximum atomic E-state index is 5.72. The van der Waals surface area contributed by atoms with Gasteiger partial charge in [0.05, 0.1) is 6.20 Å². The van der Waals surface area contributed by atoms with Crippen molar-refractivity contribution in [3.8, 4) is 11.4 Å². The van der Waals surface area contributed by atoms with Crippen LogP contribution in [0.3, 0.4) is 0 Å². The fraction of sp³-hybridized carbons (Fsp3) is 0. The van der Waals surface area contributed by atoms with Crippen LogP contribution in [-0.2, 0) is 0 Å². The summed E-state index contributed by atoms with van der Waals surface area (Å²) in [4.78, 5) is 15.5. The molecule has 2 aromatic heterocycles. The molecule has 0 unspecified atom stereocenters. The largest absolute Gasteiger partial charge is 0.335 e. The fourth-order valence-corrected chi connectivity index (χ4v) is 2.09. The standard InChI is InChI=1S/C11H6BrClN4/c12-7-3-1-2-6(4-7)9-15-8-5-14-11(13)17-10(8)16-9/h1-5H,(H,14,15,16,17). The third kappa shape index (κ3) is 2.03. The number of fused-ring (bicyclic) bond motifs is 1. The molecule has 0 spiro atoms. The van der Waals surface area contributed by atoms with E-state index >= 15 is 0 Å². The van der Waals surface area contributed by atoms with E-state index in [2.05, 4.69) is 35.9 Å². The molecular weight excluding hydrogens is 304 g/mol. The number of aromatic amines is 1. The Kier molecular flexibility index (Phi) is 2.57. The normalized spacial score (nSPS) is 10.9. The number of rotatable bonds is 1. The van der Waals surface area contributed by atoms with Crippen LogP contribution in [0.4, 0.5) is 0 Å². The summed E-state index contributed by atoms with van der Waals surface area (Å²) >= 11 is 9.14. The van der Waals surface area contributed by atoms with Gasteiger partial charge in [0.1, 0.15) is 11.3 Å². The van der Waals surface area contributed by atoms with E-state index in [0.717, 1.165) is 21.4 Å². The van der Waals surface area contributed by atoms with Gasteiger partial charge in [-0.1, -0.05) is 28.1 Å². The molecule has 0 amide bonds. The molecule has 0 radical (unpaired) electrons. The van der Waals surface area contributed by atoms with Gasteiger partial charge in [-0.15, -0.1) is 0 Å². The quantitative estimate of drug-likeness (QED) is 0.701. The van der Waals surface area contributed by atoms with Crippen LogP contribution in [0.25, 0.3) is 22.6 Å². The highest BCUT2D eigenvalue weighted by atomic mass is 79.9. The number of imidazole rings is 1. The molecule has 0 aliphatic rings. The van der Waals surface area contributed by atoms with E-state index in [1.165, 1.54) is 0 Å². The number of aromatic nitrogens is 4. The van der Waals surface area contributed by atoms with Crippen LogP contribution in [-0.4, -0.2) is 19.9 Å². The molecule has 0 fully saturated rings. The zero-order valence-corrected chi connectivity index (χ0v) is 10.8. The van der Waals surface area contributed by atoms with Gasteiger partial charge in [0.2, 0.25) is 5.28 Å². The van der Waals surface area contributed by atoms with Crippen LogP contribution >= 0.6 is 27.5 Å². The molecule has 1 aromatic carbocycles. The molecular formula is C11H6BrClN4. The van der Waals surface area contributed by atoms with Crippen LogP contribution in [0.2, 0.25) is 5.28 Å². The lowest BCUT2D eigenvalue weighted by Gasteiger charge is -1.96. The van der Waals surface area contributed by atoms with Gasteiger partial charge >= 0.3 is 0 Å². The zero-order chi connectivity index (χ0) is 11.8. The molecule has 17 heavy (non-hydrogen) atoms. The van der Waals surface area contributed by atoms with Gasteiger partial charge in [-0.3, -0.25) is 0 Å². The Hall–Kier alpha value is -1.46. The van der Waals surface area contributed by atoms with Gasteiger partial charge in [-0.05, 0) is 23.7 Å². The minimum absolute atomic E-state index is 0.199. The Bertz CT molecular complexity index is 695. The van der Waals surface area contributed by atoms with Crippen LogP contribution < -0.4 is 0 Å². The Labute approximate surface area is 110 Å². The van der Waals surface area contributed by atoms with Crippen molar-refractivity contribution in [2.45, 2.75) is 0 Å². The first kappa shape index (κ1) is 10.7. The van der Waals surface area contributed by atoms with Gasteiger partial charge in [-0.2, -0.15) is 4.98 Å². The van der Waals surface area contributed by atoms with E-state index in [-0.39, 0.29) is 5.28 Å². The zero-order valence-electron chi connectivity index (χ0n) is 8.48. The third-order valence-corrected chi connectivity index (χ3v) is 2.98. The van der Waals surface area contributed by atoms with E-state index in [1.807, 2.05) is 24.3 Å². The lowest BCUT2D eigenvalue weighted by atomic mass is 10.2. The number of nitrogens with zero attached hydrogens (tertiary/aromatic N) is 3. The lowest BCUT2D eigenvalue weighted by Crippen LogP contribution is -1.81. The molecule has 2 heterocycles. The molecule has 0 bridgehead atoms. The SMILES string of the molecule is Clc1ncc2[nH]c(-c3cccc(Br)c3)nc2n1. The summed E-state index contributed by atoms with van der Waals surface area (Å²) in [5.74, 6) is 0.748. The van der Waals surface area contributed by atoms with Gasteiger partial charge < -0.3 is 4.98 Å². The predicted molar refractivity (Wildman–Crippen MR) is 69.8 cm³/mol. The molecule has 1 N–H and O–H groups in total. The molecule has 84 valence electrons. The first-order chi connectivity index (χ1) is 8.22. The summed E-state index contributed by atoms with van der Waals surface area (Å²) in [6.07, 6.45) is 1.62. The number of benzene rings is 1. The molecule has 4 nitrogen and oxygen atoms in total. The topological polar surface area (TPSA) is 54.5 Å². The van der Waals surface area contributed by atoms with E-state index in [0.29, 0.717) is 5.65 Å². The first-order valence-corrected chi connectivity index (χ1v) is 6.04. The summed E-state index contributed by atoms with van der Waals surface area (Å²) in [5, 5.41) is 0.199. The van der Waals surface area contributed by atoms with Crippen LogP contribution in [0.1, 0.15) is 0 Å². The highest BCUT2D eigenvalue weighted by Crippen LogP contribution is 2.22. The van der Waals surface area contributed by atoms with Crippen molar-refractivity contribution in [1.82, 2.24) is 19.9 Å². The minimum Gasteiger partial charge on any atom is -0.335 e. The number of hydrogen-bond donors (Lipinski definition) is 1. The maximum Gasteiger partial charge on any atom is 0.224 e. The predicted octanol–water partition coefficient (Wildman–Crippen LogP) is 3.44. The Balaban J connectivity index is 2.18. The van der Waals surface area contributed by atoms with E-state index < -0.39 is 0 Å². The minimum atomic E-state index is 0.199. The Morgan fingerprint density at radius 1 is 1.24 bits per heavy atom. The highest BCUT2D eigenvalue weighted by molar-refractivity contribution is 9.10. The van der Waals surface area contributed by atoms with Crippen molar-refractivity contribution < 1.29 is 0 Å². The molecule has 0 saturated carbocycles. The fourth-order valence-electron chi connectivity index (χ4n) is 1.56. The van der Waals surface area contributed by atoms with Crippen LogP contribution in [0.15, 0.2) is 34.9 Å². The van der Waals surface area contributed by atoms with E-state index in [1.54, 1.807) is 6.20 Å². The number of halogens is 2. The van der Waals surface area contributed by atoms with Crippen LogP contribution in [0.5, 0.6) is 0 Å². The third-order valence-electron chi connectivity index (χ3n) is 2.31. The van der Waals surface area contributed by atoms with Gasteiger partial charge in [0.15, 0.2) is 5.65 Å². The molecule has 0 aliphatic carbocycles. The van der Waals surface area contributed by atoms with Gasteiger partial charge in [0, 0.05) is 10.0 Å². The van der Waals surface area contributed by atoms with Crippen molar-refractivity contribution in [2.24, 2.45) is 0 Å². The van der Waals surface area contributed by atoms with Gasteiger partial charge in [-0.25, -0.2) is 9.97 Å². The van der Waals surface area contributed by atoms with Crippen LogP contribution in [0, 0.1) is 0 Å². The summed E-state index contributed by atoms with van der Waals surface area (Å²) in [6.45, 7) is 0. The molecule has 0 atom stereocenters. The summed E-state index contributed by atoms with van der Waals surface area (Å²) in [6, 6.07) is 7.86. The molecule has 3 rings (SSSR count). The number of nitrogens with one attached hydrogen (secondary N) is 1. The van der Waals surface area contributed by atoms with Crippen molar-refractivity contribution >= 4 is 38.7 Å². The number of hydrogen-bond acceptors (Lipinski definition) is 3. The maximum absolute atomic E-state index is 5.72. The van der Waals surface area contributed by atoms with Gasteiger partial charge in [0.25, 0.3) is 0 Å².